The van der Waals surface area contributed by atoms with Crippen molar-refractivity contribution < 1.29 is 0 Å². The van der Waals surface area contributed by atoms with Gasteiger partial charge in [-0.15, -0.1) is 6.58 Å². The summed E-state index contributed by atoms with van der Waals surface area (Å²) in [5, 5.41) is 0. The van der Waals surface area contributed by atoms with Crippen molar-refractivity contribution in [3.8, 4) is 0 Å². The predicted molar refractivity (Wildman–Crippen MR) is 85.1 cm³/mol. The minimum Gasteiger partial charge on any atom is -0.103 e. The SMILES string of the molecule is C=CC1CCC(C=CCCC2CCC(C)CC2)CC1. The summed E-state index contributed by atoms with van der Waals surface area (Å²) in [7, 11) is 0. The van der Waals surface area contributed by atoms with Gasteiger partial charge in [-0.2, -0.15) is 0 Å². The summed E-state index contributed by atoms with van der Waals surface area (Å²) in [6, 6.07) is 0. The molecule has 0 amide bonds. The average molecular weight is 260 g/mol. The summed E-state index contributed by atoms with van der Waals surface area (Å²) in [4.78, 5) is 0. The first-order valence-electron chi connectivity index (χ1n) is 8.57. The van der Waals surface area contributed by atoms with Crippen molar-refractivity contribution in [2.24, 2.45) is 23.7 Å². The summed E-state index contributed by atoms with van der Waals surface area (Å²) in [5.41, 5.74) is 0. The zero-order valence-corrected chi connectivity index (χ0v) is 12.8. The molecule has 0 spiro atoms. The van der Waals surface area contributed by atoms with Crippen molar-refractivity contribution in [1.29, 1.82) is 0 Å². The minimum absolute atomic E-state index is 0.800. The quantitative estimate of drug-likeness (QED) is 0.521. The second-order valence-corrected chi connectivity index (χ2v) is 7.04. The van der Waals surface area contributed by atoms with Gasteiger partial charge in [0.25, 0.3) is 0 Å². The van der Waals surface area contributed by atoms with E-state index < -0.39 is 0 Å². The molecule has 2 aliphatic carbocycles. The first kappa shape index (κ1) is 14.9. The van der Waals surface area contributed by atoms with Crippen molar-refractivity contribution in [3.63, 3.8) is 0 Å². The maximum absolute atomic E-state index is 3.92. The first-order chi connectivity index (χ1) is 9.28. The number of allylic oxidation sites excluding steroid dienone is 3. The molecule has 0 atom stereocenters. The van der Waals surface area contributed by atoms with Crippen molar-refractivity contribution in [2.75, 3.05) is 0 Å². The third-order valence-electron chi connectivity index (χ3n) is 5.44. The zero-order valence-electron chi connectivity index (χ0n) is 12.8. The highest BCUT2D eigenvalue weighted by atomic mass is 14.2. The van der Waals surface area contributed by atoms with Gasteiger partial charge in [0.15, 0.2) is 0 Å². The van der Waals surface area contributed by atoms with E-state index in [-0.39, 0.29) is 0 Å². The van der Waals surface area contributed by atoms with E-state index in [4.69, 9.17) is 0 Å². The van der Waals surface area contributed by atoms with Gasteiger partial charge in [0.1, 0.15) is 0 Å². The standard InChI is InChI=1S/C19H32/c1-3-17-12-14-19(15-13-17)7-5-4-6-18-10-8-16(2)9-11-18/h3,5,7,16-19H,1,4,6,8-15H2,2H3. The van der Waals surface area contributed by atoms with Crippen LogP contribution in [-0.2, 0) is 0 Å². The Labute approximate surface area is 120 Å². The lowest BCUT2D eigenvalue weighted by Crippen LogP contribution is -2.12. The monoisotopic (exact) mass is 260 g/mol. The van der Waals surface area contributed by atoms with Crippen LogP contribution < -0.4 is 0 Å². The lowest BCUT2D eigenvalue weighted by molar-refractivity contribution is 0.278. The molecule has 0 unspecified atom stereocenters. The molecule has 2 aliphatic rings. The molecule has 0 aromatic carbocycles. The lowest BCUT2D eigenvalue weighted by atomic mass is 9.80. The summed E-state index contributed by atoms with van der Waals surface area (Å²) >= 11 is 0. The summed E-state index contributed by atoms with van der Waals surface area (Å²) in [6.07, 6.45) is 21.3. The third kappa shape index (κ3) is 5.16. The largest absolute Gasteiger partial charge is 0.103 e. The molecule has 0 heteroatoms. The van der Waals surface area contributed by atoms with Gasteiger partial charge in [0.2, 0.25) is 0 Å². The van der Waals surface area contributed by atoms with Crippen molar-refractivity contribution in [1.82, 2.24) is 0 Å². The number of hydrogen-bond donors (Lipinski definition) is 0. The van der Waals surface area contributed by atoms with E-state index >= 15 is 0 Å². The Kier molecular flexibility index (Phi) is 6.20. The summed E-state index contributed by atoms with van der Waals surface area (Å²) < 4.78 is 0. The normalized spacial score (nSPS) is 36.5. The van der Waals surface area contributed by atoms with Crippen LogP contribution >= 0.6 is 0 Å². The van der Waals surface area contributed by atoms with E-state index in [0.29, 0.717) is 0 Å². The lowest BCUT2D eigenvalue weighted by Gasteiger charge is -2.26. The first-order valence-corrected chi connectivity index (χ1v) is 8.57. The molecule has 0 nitrogen and oxygen atoms in total. The zero-order chi connectivity index (χ0) is 13.5. The second-order valence-electron chi connectivity index (χ2n) is 7.04. The molecule has 19 heavy (non-hydrogen) atoms. The second kappa shape index (κ2) is 7.92. The molecule has 0 saturated heterocycles. The van der Waals surface area contributed by atoms with Crippen LogP contribution in [0.5, 0.6) is 0 Å². The Hall–Kier alpha value is -0.520. The molecular formula is C19H32. The summed E-state index contributed by atoms with van der Waals surface area (Å²) in [5.74, 6) is 3.68. The van der Waals surface area contributed by atoms with Crippen LogP contribution in [0.15, 0.2) is 24.8 Å². The van der Waals surface area contributed by atoms with Gasteiger partial charge < -0.3 is 0 Å². The molecule has 0 N–H and O–H groups in total. The highest BCUT2D eigenvalue weighted by molar-refractivity contribution is 4.94. The summed E-state index contributed by atoms with van der Waals surface area (Å²) in [6.45, 7) is 6.34. The van der Waals surface area contributed by atoms with Gasteiger partial charge in [-0.1, -0.05) is 50.8 Å². The predicted octanol–water partition coefficient (Wildman–Crippen LogP) is 6.14. The molecule has 2 rings (SSSR count). The van der Waals surface area contributed by atoms with Gasteiger partial charge in [0, 0.05) is 0 Å². The Bertz CT molecular complexity index is 272. The van der Waals surface area contributed by atoms with Crippen molar-refractivity contribution in [2.45, 2.75) is 71.1 Å². The maximum Gasteiger partial charge on any atom is -0.0233 e. The number of hydrogen-bond acceptors (Lipinski definition) is 0. The fraction of sp³-hybridized carbons (Fsp3) is 0.789. The van der Waals surface area contributed by atoms with Gasteiger partial charge >= 0.3 is 0 Å². The molecule has 0 aromatic heterocycles. The fourth-order valence-corrected chi connectivity index (χ4v) is 3.81. The Morgan fingerprint density at radius 3 is 2.16 bits per heavy atom. The van der Waals surface area contributed by atoms with Gasteiger partial charge in [-0.05, 0) is 62.2 Å². The van der Waals surface area contributed by atoms with Crippen LogP contribution in [0, 0.1) is 23.7 Å². The van der Waals surface area contributed by atoms with Crippen molar-refractivity contribution in [3.05, 3.63) is 24.8 Å². The van der Waals surface area contributed by atoms with Crippen LogP contribution in [-0.4, -0.2) is 0 Å². The Morgan fingerprint density at radius 1 is 0.895 bits per heavy atom. The topological polar surface area (TPSA) is 0 Å². The maximum atomic E-state index is 3.92. The smallest absolute Gasteiger partial charge is 0.0233 e. The molecule has 0 bridgehead atoms. The molecular weight excluding hydrogens is 228 g/mol. The van der Waals surface area contributed by atoms with Crippen LogP contribution in [0.25, 0.3) is 0 Å². The molecule has 0 aliphatic heterocycles. The van der Waals surface area contributed by atoms with E-state index in [9.17, 15) is 0 Å². The Balaban J connectivity index is 1.58. The highest BCUT2D eigenvalue weighted by Crippen LogP contribution is 2.32. The van der Waals surface area contributed by atoms with E-state index in [1.165, 1.54) is 64.2 Å². The molecule has 108 valence electrons. The van der Waals surface area contributed by atoms with Crippen LogP contribution in [0.1, 0.15) is 71.1 Å². The highest BCUT2D eigenvalue weighted by Gasteiger charge is 2.18. The Morgan fingerprint density at radius 2 is 1.53 bits per heavy atom. The van der Waals surface area contributed by atoms with Gasteiger partial charge in [-0.3, -0.25) is 0 Å². The van der Waals surface area contributed by atoms with Gasteiger partial charge in [-0.25, -0.2) is 0 Å². The van der Waals surface area contributed by atoms with Crippen molar-refractivity contribution >= 4 is 0 Å². The van der Waals surface area contributed by atoms with E-state index in [2.05, 4.69) is 31.7 Å². The van der Waals surface area contributed by atoms with Crippen LogP contribution in [0.4, 0.5) is 0 Å². The molecule has 0 heterocycles. The molecule has 2 fully saturated rings. The van der Waals surface area contributed by atoms with E-state index in [1.807, 2.05) is 0 Å². The van der Waals surface area contributed by atoms with E-state index in [0.717, 1.165) is 23.7 Å². The third-order valence-corrected chi connectivity index (χ3v) is 5.44. The van der Waals surface area contributed by atoms with E-state index in [1.54, 1.807) is 0 Å². The van der Waals surface area contributed by atoms with Gasteiger partial charge in [0.05, 0.1) is 0 Å². The average Bonchev–Trinajstić information content (AvgIpc) is 2.46. The molecule has 0 aromatic rings. The fourth-order valence-electron chi connectivity index (χ4n) is 3.81. The van der Waals surface area contributed by atoms with Crippen LogP contribution in [0.3, 0.4) is 0 Å². The minimum atomic E-state index is 0.800. The number of rotatable bonds is 5. The molecule has 2 saturated carbocycles. The van der Waals surface area contributed by atoms with Crippen LogP contribution in [0.2, 0.25) is 0 Å². The molecule has 0 radical (unpaired) electrons.